The molecule has 0 bridgehead atoms. The Bertz CT molecular complexity index is 358. The third kappa shape index (κ3) is 2.47. The van der Waals surface area contributed by atoms with Crippen LogP contribution in [0.25, 0.3) is 0 Å². The van der Waals surface area contributed by atoms with Gasteiger partial charge in [-0.25, -0.2) is 0 Å². The number of hydrogen-bond donors (Lipinski definition) is 1. The van der Waals surface area contributed by atoms with E-state index in [0.717, 1.165) is 12.2 Å². The molecule has 1 saturated carbocycles. The summed E-state index contributed by atoms with van der Waals surface area (Å²) in [6.45, 7) is 7.35. The second-order valence-corrected chi connectivity index (χ2v) is 11.3. The summed E-state index contributed by atoms with van der Waals surface area (Å²) in [5.74, 6) is 0.845. The molecule has 3 heteroatoms. The van der Waals surface area contributed by atoms with Gasteiger partial charge in [0.2, 0.25) is 0 Å². The van der Waals surface area contributed by atoms with Crippen molar-refractivity contribution in [2.45, 2.75) is 37.2 Å². The predicted octanol–water partition coefficient (Wildman–Crippen LogP) is 2.91. The Morgan fingerprint density at radius 2 is 1.94 bits per heavy atom. The van der Waals surface area contributed by atoms with E-state index in [9.17, 15) is 5.11 Å². The first-order chi connectivity index (χ1) is 7.42. The molecule has 2 nitrogen and oxygen atoms in total. The van der Waals surface area contributed by atoms with Gasteiger partial charge < -0.3 is 9.84 Å². The van der Waals surface area contributed by atoms with Gasteiger partial charge in [-0.2, -0.15) is 0 Å². The first kappa shape index (κ1) is 11.7. The molecule has 0 unspecified atom stereocenters. The van der Waals surface area contributed by atoms with Crippen molar-refractivity contribution in [3.63, 3.8) is 0 Å². The van der Waals surface area contributed by atoms with E-state index in [1.807, 2.05) is 30.3 Å². The van der Waals surface area contributed by atoms with Crippen LogP contribution in [0.1, 0.15) is 6.42 Å². The van der Waals surface area contributed by atoms with Crippen LogP contribution >= 0.6 is 0 Å². The average molecular weight is 236 g/mol. The molecule has 1 aromatic rings. The molecule has 0 radical (unpaired) electrons. The molecular formula is C13H20O2Si. The monoisotopic (exact) mass is 236 g/mol. The molecule has 88 valence electrons. The van der Waals surface area contributed by atoms with E-state index in [2.05, 4.69) is 19.6 Å². The number of hydrogen-bond acceptors (Lipinski definition) is 2. The van der Waals surface area contributed by atoms with Crippen molar-refractivity contribution in [1.29, 1.82) is 0 Å². The molecule has 1 N–H and O–H groups in total. The maximum Gasteiger partial charge on any atom is 0.119 e. The molecule has 0 spiro atoms. The SMILES string of the molecule is C[Si](C)(C)[C@H]1C[C@@]1(O)COc1ccccc1. The van der Waals surface area contributed by atoms with Gasteiger partial charge in [0, 0.05) is 0 Å². The molecule has 16 heavy (non-hydrogen) atoms. The molecular weight excluding hydrogens is 216 g/mol. The first-order valence-electron chi connectivity index (χ1n) is 5.82. The molecule has 1 fully saturated rings. The molecule has 0 saturated heterocycles. The Hall–Kier alpha value is -0.803. The van der Waals surface area contributed by atoms with E-state index in [0.29, 0.717) is 12.1 Å². The molecule has 0 aliphatic heterocycles. The zero-order valence-electron chi connectivity index (χ0n) is 10.2. The number of benzene rings is 1. The van der Waals surface area contributed by atoms with Crippen molar-refractivity contribution in [3.05, 3.63) is 30.3 Å². The number of ether oxygens (including phenoxy) is 1. The lowest BCUT2D eigenvalue weighted by molar-refractivity contribution is 0.0850. The standard InChI is InChI=1S/C13H20O2Si/c1-16(2,3)12-9-13(12,14)10-15-11-7-5-4-6-8-11/h4-8,12,14H,9-10H2,1-3H3/t12-,13+/m0/s1. The van der Waals surface area contributed by atoms with Crippen LogP contribution in [0, 0.1) is 0 Å². The Morgan fingerprint density at radius 3 is 2.44 bits per heavy atom. The summed E-state index contributed by atoms with van der Waals surface area (Å²) < 4.78 is 5.63. The molecule has 2 atom stereocenters. The smallest absolute Gasteiger partial charge is 0.119 e. The summed E-state index contributed by atoms with van der Waals surface area (Å²) in [7, 11) is -1.23. The van der Waals surface area contributed by atoms with Crippen LogP contribution in [0.2, 0.25) is 25.2 Å². The van der Waals surface area contributed by atoms with E-state index in [4.69, 9.17) is 4.74 Å². The summed E-state index contributed by atoms with van der Waals surface area (Å²) >= 11 is 0. The zero-order valence-corrected chi connectivity index (χ0v) is 11.2. The predicted molar refractivity (Wildman–Crippen MR) is 68.6 cm³/mol. The number of aliphatic hydroxyl groups is 1. The van der Waals surface area contributed by atoms with Crippen LogP contribution in [0.5, 0.6) is 5.75 Å². The number of para-hydroxylation sites is 1. The minimum Gasteiger partial charge on any atom is -0.491 e. The van der Waals surface area contributed by atoms with Gasteiger partial charge in [-0.1, -0.05) is 37.8 Å². The largest absolute Gasteiger partial charge is 0.491 e. The third-order valence-electron chi connectivity index (χ3n) is 3.32. The fourth-order valence-electron chi connectivity index (χ4n) is 2.29. The lowest BCUT2D eigenvalue weighted by atomic mass is 10.3. The van der Waals surface area contributed by atoms with E-state index >= 15 is 0 Å². The summed E-state index contributed by atoms with van der Waals surface area (Å²) in [5, 5.41) is 10.3. The van der Waals surface area contributed by atoms with Gasteiger partial charge in [0.15, 0.2) is 0 Å². The minimum atomic E-state index is -1.23. The molecule has 1 aliphatic rings. The van der Waals surface area contributed by atoms with Gasteiger partial charge in [0.25, 0.3) is 0 Å². The minimum absolute atomic E-state index is 0.436. The highest BCUT2D eigenvalue weighted by Crippen LogP contribution is 2.55. The first-order valence-corrected chi connectivity index (χ1v) is 9.40. The molecule has 0 amide bonds. The van der Waals surface area contributed by atoms with E-state index < -0.39 is 13.7 Å². The highest BCUT2D eigenvalue weighted by atomic mass is 28.3. The van der Waals surface area contributed by atoms with Crippen LogP contribution in [-0.4, -0.2) is 25.4 Å². The van der Waals surface area contributed by atoms with Gasteiger partial charge in [0.05, 0.1) is 13.7 Å². The quantitative estimate of drug-likeness (QED) is 0.815. The fraction of sp³-hybridized carbons (Fsp3) is 0.538. The second kappa shape index (κ2) is 3.89. The lowest BCUT2D eigenvalue weighted by Gasteiger charge is -2.19. The van der Waals surface area contributed by atoms with Crippen molar-refractivity contribution in [1.82, 2.24) is 0 Å². The van der Waals surface area contributed by atoms with Crippen LogP contribution in [0.3, 0.4) is 0 Å². The average Bonchev–Trinajstić information content (AvgIpc) is 2.90. The molecule has 0 aromatic heterocycles. The lowest BCUT2D eigenvalue weighted by Crippen LogP contribution is -2.30. The highest BCUT2D eigenvalue weighted by molar-refractivity contribution is 6.78. The van der Waals surface area contributed by atoms with Gasteiger partial charge in [0.1, 0.15) is 12.4 Å². The zero-order chi connectivity index (χ0) is 11.8. The topological polar surface area (TPSA) is 29.5 Å². The van der Waals surface area contributed by atoms with Gasteiger partial charge in [-0.3, -0.25) is 0 Å². The molecule has 2 rings (SSSR count). The van der Waals surface area contributed by atoms with Crippen molar-refractivity contribution >= 4 is 8.07 Å². The summed E-state index contributed by atoms with van der Waals surface area (Å²) in [6, 6.07) is 9.71. The highest BCUT2D eigenvalue weighted by Gasteiger charge is 2.59. The third-order valence-corrected chi connectivity index (χ3v) is 6.16. The Kier molecular flexibility index (Phi) is 2.84. The summed E-state index contributed by atoms with van der Waals surface area (Å²) in [4.78, 5) is 0. The van der Waals surface area contributed by atoms with Gasteiger partial charge in [-0.05, 0) is 24.1 Å². The van der Waals surface area contributed by atoms with Gasteiger partial charge >= 0.3 is 0 Å². The molecule has 1 aliphatic carbocycles. The van der Waals surface area contributed by atoms with Crippen LogP contribution in [-0.2, 0) is 0 Å². The maximum absolute atomic E-state index is 10.3. The van der Waals surface area contributed by atoms with E-state index in [1.54, 1.807) is 0 Å². The Balaban J connectivity index is 1.89. The second-order valence-electron chi connectivity index (χ2n) is 5.83. The maximum atomic E-state index is 10.3. The van der Waals surface area contributed by atoms with Crippen molar-refractivity contribution < 1.29 is 9.84 Å². The normalized spacial score (nSPS) is 28.9. The molecule has 1 aromatic carbocycles. The van der Waals surface area contributed by atoms with E-state index in [1.165, 1.54) is 0 Å². The van der Waals surface area contributed by atoms with Crippen molar-refractivity contribution in [2.75, 3.05) is 6.61 Å². The van der Waals surface area contributed by atoms with Crippen molar-refractivity contribution in [2.24, 2.45) is 0 Å². The fourth-order valence-corrected chi connectivity index (χ4v) is 4.95. The van der Waals surface area contributed by atoms with Gasteiger partial charge in [-0.15, -0.1) is 0 Å². The van der Waals surface area contributed by atoms with Crippen LogP contribution in [0.15, 0.2) is 30.3 Å². The Labute approximate surface area is 98.3 Å². The Morgan fingerprint density at radius 1 is 1.31 bits per heavy atom. The van der Waals surface area contributed by atoms with E-state index in [-0.39, 0.29) is 0 Å². The van der Waals surface area contributed by atoms with Crippen molar-refractivity contribution in [3.8, 4) is 5.75 Å². The summed E-state index contributed by atoms with van der Waals surface area (Å²) in [5.41, 5.74) is -0.0657. The van der Waals surface area contributed by atoms with Crippen LogP contribution in [0.4, 0.5) is 0 Å². The number of rotatable bonds is 4. The molecule has 0 heterocycles. The van der Waals surface area contributed by atoms with Crippen LogP contribution < -0.4 is 4.74 Å². The summed E-state index contributed by atoms with van der Waals surface area (Å²) in [6.07, 6.45) is 0.912.